The number of carbonyl (C=O) groups excluding carboxylic acids is 1. The van der Waals surface area contributed by atoms with Gasteiger partial charge in [0, 0.05) is 20.0 Å². The summed E-state index contributed by atoms with van der Waals surface area (Å²) < 4.78 is 1.63. The van der Waals surface area contributed by atoms with E-state index in [9.17, 15) is 4.79 Å². The number of nitrogens with one attached hydrogen (secondary N) is 1. The number of hydrogen-bond donors (Lipinski definition) is 2. The molecule has 0 aromatic carbocycles. The molecule has 0 aliphatic carbocycles. The van der Waals surface area contributed by atoms with E-state index in [4.69, 9.17) is 5.73 Å². The van der Waals surface area contributed by atoms with Crippen LogP contribution in [0.2, 0.25) is 0 Å². The van der Waals surface area contributed by atoms with Gasteiger partial charge >= 0.3 is 0 Å². The molecule has 19 heavy (non-hydrogen) atoms. The van der Waals surface area contributed by atoms with Gasteiger partial charge in [-0.25, -0.2) is 4.98 Å². The molecule has 0 fully saturated rings. The molecule has 0 aliphatic rings. The third-order valence-electron chi connectivity index (χ3n) is 2.63. The third kappa shape index (κ3) is 3.27. The first-order chi connectivity index (χ1) is 9.06. The fourth-order valence-corrected chi connectivity index (χ4v) is 1.66. The minimum absolute atomic E-state index is 0.187. The van der Waals surface area contributed by atoms with Crippen molar-refractivity contribution in [3.05, 3.63) is 35.7 Å². The smallest absolute Gasteiger partial charge is 0.253 e. The van der Waals surface area contributed by atoms with Gasteiger partial charge in [0.2, 0.25) is 0 Å². The van der Waals surface area contributed by atoms with Gasteiger partial charge in [0.15, 0.2) is 5.82 Å². The number of carbonyl (C=O) groups is 1. The molecule has 7 nitrogen and oxygen atoms in total. The van der Waals surface area contributed by atoms with E-state index in [0.717, 1.165) is 0 Å². The van der Waals surface area contributed by atoms with Crippen molar-refractivity contribution in [1.29, 1.82) is 0 Å². The van der Waals surface area contributed by atoms with Crippen molar-refractivity contribution in [1.82, 2.24) is 25.1 Å². The Morgan fingerprint density at radius 3 is 2.95 bits per heavy atom. The monoisotopic (exact) mass is 260 g/mol. The second kappa shape index (κ2) is 5.47. The fourth-order valence-electron chi connectivity index (χ4n) is 1.66. The molecule has 100 valence electrons. The quantitative estimate of drug-likeness (QED) is 0.810. The molecule has 0 bridgehead atoms. The summed E-state index contributed by atoms with van der Waals surface area (Å²) in [5.74, 6) is 0.512. The van der Waals surface area contributed by atoms with Crippen molar-refractivity contribution >= 4 is 11.6 Å². The SMILES string of the molecule is Cc1ncc(N)cc1C(=O)NCCc1ncn(C)n1. The molecule has 0 unspecified atom stereocenters. The summed E-state index contributed by atoms with van der Waals surface area (Å²) in [7, 11) is 1.80. The van der Waals surface area contributed by atoms with E-state index in [2.05, 4.69) is 20.4 Å². The van der Waals surface area contributed by atoms with Gasteiger partial charge in [0.25, 0.3) is 5.91 Å². The van der Waals surface area contributed by atoms with Gasteiger partial charge in [-0.2, -0.15) is 5.10 Å². The molecule has 2 heterocycles. The Labute approximate surface area is 110 Å². The Hall–Kier alpha value is -2.44. The maximum atomic E-state index is 12.0. The second-order valence-electron chi connectivity index (χ2n) is 4.24. The number of rotatable bonds is 4. The number of pyridine rings is 1. The van der Waals surface area contributed by atoms with Crippen LogP contribution in [0.15, 0.2) is 18.6 Å². The predicted octanol–water partition coefficient (Wildman–Crippen LogP) is 0.0732. The molecule has 3 N–H and O–H groups in total. The Bertz CT molecular complexity index is 592. The summed E-state index contributed by atoms with van der Waals surface area (Å²) in [5, 5.41) is 6.93. The first-order valence-electron chi connectivity index (χ1n) is 5.91. The van der Waals surface area contributed by atoms with Crippen LogP contribution in [-0.2, 0) is 13.5 Å². The Morgan fingerprint density at radius 2 is 2.26 bits per heavy atom. The lowest BCUT2D eigenvalue weighted by molar-refractivity contribution is 0.0953. The number of nitrogens with two attached hydrogens (primary N) is 1. The van der Waals surface area contributed by atoms with Crippen LogP contribution in [0.5, 0.6) is 0 Å². The molecular formula is C12H16N6O. The highest BCUT2D eigenvalue weighted by atomic mass is 16.1. The predicted molar refractivity (Wildman–Crippen MR) is 70.4 cm³/mol. The molecule has 0 saturated heterocycles. The molecule has 1 amide bonds. The summed E-state index contributed by atoms with van der Waals surface area (Å²) >= 11 is 0. The highest BCUT2D eigenvalue weighted by molar-refractivity contribution is 5.95. The van der Waals surface area contributed by atoms with Gasteiger partial charge < -0.3 is 11.1 Å². The van der Waals surface area contributed by atoms with Crippen molar-refractivity contribution in [2.75, 3.05) is 12.3 Å². The van der Waals surface area contributed by atoms with Crippen LogP contribution < -0.4 is 11.1 Å². The normalized spacial score (nSPS) is 10.4. The van der Waals surface area contributed by atoms with Gasteiger partial charge in [-0.05, 0) is 13.0 Å². The van der Waals surface area contributed by atoms with E-state index in [1.165, 1.54) is 6.20 Å². The Kier molecular flexibility index (Phi) is 3.74. The first kappa shape index (κ1) is 13.0. The maximum absolute atomic E-state index is 12.0. The van der Waals surface area contributed by atoms with E-state index in [0.29, 0.717) is 35.7 Å². The van der Waals surface area contributed by atoms with E-state index >= 15 is 0 Å². The third-order valence-corrected chi connectivity index (χ3v) is 2.63. The molecule has 2 aromatic heterocycles. The highest BCUT2D eigenvalue weighted by Gasteiger charge is 2.10. The van der Waals surface area contributed by atoms with Gasteiger partial charge in [0.1, 0.15) is 6.33 Å². The van der Waals surface area contributed by atoms with Crippen LogP contribution in [0.1, 0.15) is 21.9 Å². The number of aryl methyl sites for hydroxylation is 2. The highest BCUT2D eigenvalue weighted by Crippen LogP contribution is 2.09. The van der Waals surface area contributed by atoms with E-state index < -0.39 is 0 Å². The van der Waals surface area contributed by atoms with Crippen LogP contribution in [0, 0.1) is 6.92 Å². The maximum Gasteiger partial charge on any atom is 0.253 e. The van der Waals surface area contributed by atoms with Gasteiger partial charge in [-0.3, -0.25) is 14.5 Å². The molecule has 0 spiro atoms. The van der Waals surface area contributed by atoms with E-state index in [-0.39, 0.29) is 5.91 Å². The van der Waals surface area contributed by atoms with Gasteiger partial charge in [0.05, 0.1) is 23.1 Å². The fraction of sp³-hybridized carbons (Fsp3) is 0.333. The minimum Gasteiger partial charge on any atom is -0.397 e. The molecule has 7 heteroatoms. The van der Waals surface area contributed by atoms with Crippen LogP contribution >= 0.6 is 0 Å². The average molecular weight is 260 g/mol. The number of nitrogen functional groups attached to an aromatic ring is 1. The number of hydrogen-bond acceptors (Lipinski definition) is 5. The minimum atomic E-state index is -0.187. The lowest BCUT2D eigenvalue weighted by Gasteiger charge is -2.06. The zero-order valence-electron chi connectivity index (χ0n) is 10.9. The summed E-state index contributed by atoms with van der Waals surface area (Å²) in [6, 6.07) is 1.62. The van der Waals surface area contributed by atoms with Crippen LogP contribution in [0.3, 0.4) is 0 Å². The molecule has 0 radical (unpaired) electrons. The van der Waals surface area contributed by atoms with Gasteiger partial charge in [-0.15, -0.1) is 0 Å². The molecular weight excluding hydrogens is 244 g/mol. The number of aromatic nitrogens is 4. The van der Waals surface area contributed by atoms with Crippen LogP contribution in [0.4, 0.5) is 5.69 Å². The van der Waals surface area contributed by atoms with Crippen molar-refractivity contribution in [3.8, 4) is 0 Å². The standard InChI is InChI=1S/C12H16N6O/c1-8-10(5-9(13)6-15-8)12(19)14-4-3-11-16-7-18(2)17-11/h5-7H,3-4,13H2,1-2H3,(H,14,19). The number of nitrogens with zero attached hydrogens (tertiary/aromatic N) is 4. The van der Waals surface area contributed by atoms with E-state index in [1.807, 2.05) is 0 Å². The average Bonchev–Trinajstić information content (AvgIpc) is 2.78. The first-order valence-corrected chi connectivity index (χ1v) is 5.91. The molecule has 2 rings (SSSR count). The van der Waals surface area contributed by atoms with Crippen LogP contribution in [-0.4, -0.2) is 32.2 Å². The summed E-state index contributed by atoms with van der Waals surface area (Å²) in [5.41, 5.74) is 7.25. The Morgan fingerprint density at radius 1 is 1.47 bits per heavy atom. The van der Waals surface area contributed by atoms with Crippen molar-refractivity contribution in [2.45, 2.75) is 13.3 Å². The topological polar surface area (TPSA) is 98.7 Å². The van der Waals surface area contributed by atoms with Crippen LogP contribution in [0.25, 0.3) is 0 Å². The van der Waals surface area contributed by atoms with Crippen molar-refractivity contribution in [3.63, 3.8) is 0 Å². The summed E-state index contributed by atoms with van der Waals surface area (Å²) in [4.78, 5) is 20.1. The molecule has 2 aromatic rings. The second-order valence-corrected chi connectivity index (χ2v) is 4.24. The van der Waals surface area contributed by atoms with Crippen molar-refractivity contribution in [2.24, 2.45) is 7.05 Å². The lowest BCUT2D eigenvalue weighted by atomic mass is 10.2. The number of anilines is 1. The molecule has 0 aliphatic heterocycles. The van der Waals surface area contributed by atoms with E-state index in [1.54, 1.807) is 31.0 Å². The zero-order chi connectivity index (χ0) is 13.8. The Balaban J connectivity index is 1.92. The van der Waals surface area contributed by atoms with Crippen molar-refractivity contribution < 1.29 is 4.79 Å². The van der Waals surface area contributed by atoms with Gasteiger partial charge in [-0.1, -0.05) is 0 Å². The molecule has 0 atom stereocenters. The number of amides is 1. The largest absolute Gasteiger partial charge is 0.397 e. The summed E-state index contributed by atoms with van der Waals surface area (Å²) in [6.45, 7) is 2.24. The summed E-state index contributed by atoms with van der Waals surface area (Å²) in [6.07, 6.45) is 3.74. The zero-order valence-corrected chi connectivity index (χ0v) is 10.9. The lowest BCUT2D eigenvalue weighted by Crippen LogP contribution is -2.27. The molecule has 0 saturated carbocycles.